The molecule has 0 fully saturated rings. The zero-order chi connectivity index (χ0) is 30.5. The molecule has 9 rings (SSSR count). The molecule has 2 aromatic heterocycles. The predicted molar refractivity (Wildman–Crippen MR) is 199 cm³/mol. The van der Waals surface area contributed by atoms with E-state index in [2.05, 4.69) is 181 Å². The van der Waals surface area contributed by atoms with Crippen molar-refractivity contribution in [3.05, 3.63) is 187 Å². The van der Waals surface area contributed by atoms with E-state index >= 15 is 0 Å². The lowest BCUT2D eigenvalue weighted by Crippen LogP contribution is -1.93. The van der Waals surface area contributed by atoms with Crippen LogP contribution in [0.2, 0.25) is 0 Å². The van der Waals surface area contributed by atoms with Gasteiger partial charge in [0.25, 0.3) is 0 Å². The van der Waals surface area contributed by atoms with Crippen molar-refractivity contribution in [1.82, 2.24) is 4.57 Å². The largest absolute Gasteiger partial charge is 0.309 e. The van der Waals surface area contributed by atoms with Gasteiger partial charge < -0.3 is 4.57 Å². The van der Waals surface area contributed by atoms with Gasteiger partial charge in [-0.3, -0.25) is 0 Å². The Morgan fingerprint density at radius 1 is 0.478 bits per heavy atom. The van der Waals surface area contributed by atoms with Crippen LogP contribution in [0.1, 0.15) is 16.7 Å². The summed E-state index contributed by atoms with van der Waals surface area (Å²) in [4.78, 5) is 0. The quantitative estimate of drug-likeness (QED) is 0.172. The molecule has 0 aliphatic heterocycles. The van der Waals surface area contributed by atoms with Gasteiger partial charge in [0.2, 0.25) is 0 Å². The third kappa shape index (κ3) is 4.38. The highest BCUT2D eigenvalue weighted by molar-refractivity contribution is 7.26. The van der Waals surface area contributed by atoms with Crippen molar-refractivity contribution in [3.8, 4) is 16.8 Å². The van der Waals surface area contributed by atoms with E-state index in [1.807, 2.05) is 11.3 Å². The molecular weight excluding hydrogens is 575 g/mol. The zero-order valence-electron chi connectivity index (χ0n) is 25.1. The first-order valence-corrected chi connectivity index (χ1v) is 16.5. The minimum Gasteiger partial charge on any atom is -0.309 e. The SMILES string of the molecule is C(=C(\c1ccccc1)c1cccc2c1sc1c(-c3ccc4c5ccccc5n(-c5ccccc5)c4c3)cccc12)/c1ccccc1. The smallest absolute Gasteiger partial charge is 0.0547 e. The fraction of sp³-hybridized carbons (Fsp3) is 0. The summed E-state index contributed by atoms with van der Waals surface area (Å²) in [5.74, 6) is 0. The Hall–Kier alpha value is -5.70. The Labute approximate surface area is 271 Å². The third-order valence-electron chi connectivity index (χ3n) is 9.01. The topological polar surface area (TPSA) is 4.93 Å². The van der Waals surface area contributed by atoms with E-state index in [4.69, 9.17) is 0 Å². The molecule has 0 aliphatic rings. The van der Waals surface area contributed by atoms with Gasteiger partial charge in [0, 0.05) is 42.2 Å². The Balaban J connectivity index is 1.28. The highest BCUT2D eigenvalue weighted by Gasteiger charge is 2.18. The van der Waals surface area contributed by atoms with Gasteiger partial charge in [0.1, 0.15) is 0 Å². The normalized spacial score (nSPS) is 12.0. The van der Waals surface area contributed by atoms with Gasteiger partial charge in [0.15, 0.2) is 0 Å². The van der Waals surface area contributed by atoms with E-state index in [1.54, 1.807) is 0 Å². The molecule has 0 spiro atoms. The van der Waals surface area contributed by atoms with E-state index in [-0.39, 0.29) is 0 Å². The second kappa shape index (κ2) is 11.0. The summed E-state index contributed by atoms with van der Waals surface area (Å²) in [6.07, 6.45) is 2.33. The number of para-hydroxylation sites is 2. The zero-order valence-corrected chi connectivity index (χ0v) is 25.9. The predicted octanol–water partition coefficient (Wildman–Crippen LogP) is 12.4. The summed E-state index contributed by atoms with van der Waals surface area (Å²) in [6, 6.07) is 61.4. The lowest BCUT2D eigenvalue weighted by molar-refractivity contribution is 1.18. The number of rotatable bonds is 5. The first-order chi connectivity index (χ1) is 22.8. The summed E-state index contributed by atoms with van der Waals surface area (Å²) in [5.41, 5.74) is 11.0. The van der Waals surface area contributed by atoms with Gasteiger partial charge >= 0.3 is 0 Å². The molecule has 2 heterocycles. The van der Waals surface area contributed by atoms with Crippen LogP contribution >= 0.6 is 11.3 Å². The van der Waals surface area contributed by atoms with E-state index in [9.17, 15) is 0 Å². The lowest BCUT2D eigenvalue weighted by Gasteiger charge is -2.10. The molecule has 0 N–H and O–H groups in total. The van der Waals surface area contributed by atoms with Gasteiger partial charge in [-0.05, 0) is 58.2 Å². The number of nitrogens with zero attached hydrogens (tertiary/aromatic N) is 1. The molecule has 7 aromatic carbocycles. The second-order valence-corrected chi connectivity index (χ2v) is 12.7. The van der Waals surface area contributed by atoms with Crippen LogP contribution < -0.4 is 0 Å². The summed E-state index contributed by atoms with van der Waals surface area (Å²) >= 11 is 1.91. The van der Waals surface area contributed by atoms with Crippen LogP contribution in [-0.4, -0.2) is 4.57 Å². The van der Waals surface area contributed by atoms with E-state index in [0.29, 0.717) is 0 Å². The maximum Gasteiger partial charge on any atom is 0.0547 e. The number of hydrogen-bond acceptors (Lipinski definition) is 1. The van der Waals surface area contributed by atoms with Crippen molar-refractivity contribution < 1.29 is 0 Å². The van der Waals surface area contributed by atoms with Crippen LogP contribution in [-0.2, 0) is 0 Å². The maximum absolute atomic E-state index is 2.40. The first kappa shape index (κ1) is 26.7. The van der Waals surface area contributed by atoms with E-state index in [0.717, 1.165) is 0 Å². The Bertz CT molecular complexity index is 2550. The average molecular weight is 604 g/mol. The molecular formula is C44H29NS. The summed E-state index contributed by atoms with van der Waals surface area (Å²) < 4.78 is 5.03. The maximum atomic E-state index is 2.40. The van der Waals surface area contributed by atoms with E-state index < -0.39 is 0 Å². The van der Waals surface area contributed by atoms with E-state index in [1.165, 1.54) is 81.1 Å². The van der Waals surface area contributed by atoms with Gasteiger partial charge in [-0.25, -0.2) is 0 Å². The lowest BCUT2D eigenvalue weighted by atomic mass is 9.94. The van der Waals surface area contributed by atoms with Crippen LogP contribution in [0.3, 0.4) is 0 Å². The standard InChI is InChI=1S/C44H29NS/c1-4-14-30(15-5-1)28-40(31-16-6-2-7-17-31)39-24-13-23-38-37-22-12-21-34(43(37)46-44(38)39)32-26-27-36-35-20-10-11-25-41(35)45(42(36)29-32)33-18-8-3-9-19-33/h1-29H/b40-28-. The number of aromatic nitrogens is 1. The number of thiophene rings is 1. The molecule has 0 radical (unpaired) electrons. The first-order valence-electron chi connectivity index (χ1n) is 15.7. The average Bonchev–Trinajstić information content (AvgIpc) is 3.68. The molecule has 0 saturated carbocycles. The van der Waals surface area contributed by atoms with Gasteiger partial charge in [-0.15, -0.1) is 11.3 Å². The van der Waals surface area contributed by atoms with Gasteiger partial charge in [0.05, 0.1) is 11.0 Å². The highest BCUT2D eigenvalue weighted by Crippen LogP contribution is 2.45. The van der Waals surface area contributed by atoms with Gasteiger partial charge in [-0.2, -0.15) is 0 Å². The molecule has 0 unspecified atom stereocenters. The summed E-state index contributed by atoms with van der Waals surface area (Å²) in [5, 5.41) is 5.15. The molecule has 9 aromatic rings. The molecule has 0 aliphatic carbocycles. The fourth-order valence-corrected chi connectivity index (χ4v) is 8.27. The van der Waals surface area contributed by atoms with Crippen molar-refractivity contribution in [3.63, 3.8) is 0 Å². The minimum absolute atomic E-state index is 1.18. The minimum atomic E-state index is 1.18. The van der Waals surface area contributed by atoms with Crippen LogP contribution in [0.5, 0.6) is 0 Å². The number of benzene rings is 7. The van der Waals surface area contributed by atoms with Crippen molar-refractivity contribution in [2.45, 2.75) is 0 Å². The monoisotopic (exact) mass is 603 g/mol. The van der Waals surface area contributed by atoms with Crippen molar-refractivity contribution in [2.24, 2.45) is 0 Å². The summed E-state index contributed by atoms with van der Waals surface area (Å²) in [7, 11) is 0. The molecule has 0 saturated heterocycles. The van der Waals surface area contributed by atoms with Crippen molar-refractivity contribution in [1.29, 1.82) is 0 Å². The van der Waals surface area contributed by atoms with Crippen LogP contribution in [0.25, 0.3) is 70.4 Å². The van der Waals surface area contributed by atoms with Gasteiger partial charge in [-0.1, -0.05) is 146 Å². The fourth-order valence-electron chi connectivity index (χ4n) is 6.90. The number of hydrogen-bond donors (Lipinski definition) is 0. The molecule has 216 valence electrons. The Morgan fingerprint density at radius 3 is 1.91 bits per heavy atom. The Morgan fingerprint density at radius 2 is 1.11 bits per heavy atom. The van der Waals surface area contributed by atoms with Crippen LogP contribution in [0.15, 0.2) is 170 Å². The molecule has 2 heteroatoms. The molecule has 0 amide bonds. The Kier molecular flexibility index (Phi) is 6.40. The molecule has 46 heavy (non-hydrogen) atoms. The van der Waals surface area contributed by atoms with Crippen molar-refractivity contribution in [2.75, 3.05) is 0 Å². The second-order valence-electron chi connectivity index (χ2n) is 11.7. The summed E-state index contributed by atoms with van der Waals surface area (Å²) in [6.45, 7) is 0. The molecule has 1 nitrogen and oxygen atoms in total. The number of fused-ring (bicyclic) bond motifs is 6. The van der Waals surface area contributed by atoms with Crippen LogP contribution in [0, 0.1) is 0 Å². The third-order valence-corrected chi connectivity index (χ3v) is 10.3. The molecule has 0 atom stereocenters. The van der Waals surface area contributed by atoms with Crippen LogP contribution in [0.4, 0.5) is 0 Å². The van der Waals surface area contributed by atoms with Crippen molar-refractivity contribution >= 4 is 65.0 Å². The molecule has 0 bridgehead atoms. The highest BCUT2D eigenvalue weighted by atomic mass is 32.1.